The average molecular weight is 205 g/mol. The Hall–Kier alpha value is -1.95. The molecule has 6 nitrogen and oxygen atoms in total. The number of tetrazole rings is 1. The molecule has 2 N–H and O–H groups in total. The first-order chi connectivity index (χ1) is 7.33. The summed E-state index contributed by atoms with van der Waals surface area (Å²) in [5, 5.41) is 11.7. The van der Waals surface area contributed by atoms with Crippen LogP contribution in [0.25, 0.3) is 5.69 Å². The van der Waals surface area contributed by atoms with Gasteiger partial charge in [-0.25, -0.2) is 0 Å². The number of hydrogen-bond donors (Lipinski definition) is 1. The summed E-state index contributed by atoms with van der Waals surface area (Å²) in [4.78, 5) is 1.42. The molecule has 0 radical (unpaired) electrons. The SMILES string of the molecule is COc1cccc(-n2nnc(CN)n2)c1. The van der Waals surface area contributed by atoms with Crippen LogP contribution in [-0.2, 0) is 6.54 Å². The van der Waals surface area contributed by atoms with E-state index in [1.165, 1.54) is 4.80 Å². The summed E-state index contributed by atoms with van der Waals surface area (Å²) in [6.45, 7) is 0.282. The summed E-state index contributed by atoms with van der Waals surface area (Å²) in [5.41, 5.74) is 6.19. The van der Waals surface area contributed by atoms with Crippen LogP contribution in [0.2, 0.25) is 0 Å². The zero-order valence-electron chi connectivity index (χ0n) is 8.29. The predicted octanol–water partition coefficient (Wildman–Crippen LogP) is 0.130. The van der Waals surface area contributed by atoms with Crippen LogP contribution in [0.4, 0.5) is 0 Å². The maximum absolute atomic E-state index is 5.39. The lowest BCUT2D eigenvalue weighted by molar-refractivity contribution is 0.414. The molecular weight excluding hydrogens is 194 g/mol. The van der Waals surface area contributed by atoms with E-state index >= 15 is 0 Å². The summed E-state index contributed by atoms with van der Waals surface area (Å²) < 4.78 is 5.10. The smallest absolute Gasteiger partial charge is 0.188 e. The fraction of sp³-hybridized carbons (Fsp3) is 0.222. The lowest BCUT2D eigenvalue weighted by Gasteiger charge is -2.01. The molecule has 1 aromatic heterocycles. The summed E-state index contributed by atoms with van der Waals surface area (Å²) in [6, 6.07) is 7.40. The van der Waals surface area contributed by atoms with Gasteiger partial charge in [0.25, 0.3) is 0 Å². The number of ether oxygens (including phenoxy) is 1. The number of methoxy groups -OCH3 is 1. The molecule has 0 aliphatic heterocycles. The van der Waals surface area contributed by atoms with Crippen LogP contribution < -0.4 is 10.5 Å². The zero-order chi connectivity index (χ0) is 10.7. The molecule has 2 rings (SSSR count). The van der Waals surface area contributed by atoms with Gasteiger partial charge < -0.3 is 10.5 Å². The highest BCUT2D eigenvalue weighted by Crippen LogP contribution is 2.14. The molecule has 0 amide bonds. The largest absolute Gasteiger partial charge is 0.497 e. The van der Waals surface area contributed by atoms with Gasteiger partial charge in [0.15, 0.2) is 5.82 Å². The van der Waals surface area contributed by atoms with Crippen molar-refractivity contribution in [2.45, 2.75) is 6.54 Å². The highest BCUT2D eigenvalue weighted by atomic mass is 16.5. The minimum absolute atomic E-state index is 0.282. The molecule has 6 heteroatoms. The Kier molecular flexibility index (Phi) is 2.59. The zero-order valence-corrected chi connectivity index (χ0v) is 8.29. The van der Waals surface area contributed by atoms with E-state index in [0.29, 0.717) is 5.82 Å². The van der Waals surface area contributed by atoms with Gasteiger partial charge in [0.2, 0.25) is 0 Å². The van der Waals surface area contributed by atoms with Crippen LogP contribution in [0.3, 0.4) is 0 Å². The van der Waals surface area contributed by atoms with Crippen molar-refractivity contribution >= 4 is 0 Å². The van der Waals surface area contributed by atoms with E-state index in [1.54, 1.807) is 7.11 Å². The summed E-state index contributed by atoms with van der Waals surface area (Å²) in [6.07, 6.45) is 0. The molecule has 0 bridgehead atoms. The maximum Gasteiger partial charge on any atom is 0.188 e. The minimum Gasteiger partial charge on any atom is -0.497 e. The molecular formula is C9H11N5O. The van der Waals surface area contributed by atoms with Crippen LogP contribution in [0.15, 0.2) is 24.3 Å². The van der Waals surface area contributed by atoms with Crippen LogP contribution in [0, 0.1) is 0 Å². The standard InChI is InChI=1S/C9H11N5O/c1-15-8-4-2-3-7(5-8)14-12-9(6-10)11-13-14/h2-5H,6,10H2,1H3. The summed E-state index contributed by atoms with van der Waals surface area (Å²) >= 11 is 0. The highest BCUT2D eigenvalue weighted by Gasteiger charge is 2.03. The molecule has 0 fully saturated rings. The van der Waals surface area contributed by atoms with E-state index in [2.05, 4.69) is 15.4 Å². The Labute approximate surface area is 86.7 Å². The number of benzene rings is 1. The molecule has 0 saturated carbocycles. The van der Waals surface area contributed by atoms with Crippen molar-refractivity contribution in [2.24, 2.45) is 5.73 Å². The van der Waals surface area contributed by atoms with E-state index < -0.39 is 0 Å². The van der Waals surface area contributed by atoms with Gasteiger partial charge in [-0.2, -0.15) is 0 Å². The second kappa shape index (κ2) is 4.05. The first-order valence-electron chi connectivity index (χ1n) is 4.47. The fourth-order valence-corrected chi connectivity index (χ4v) is 1.17. The van der Waals surface area contributed by atoms with Crippen molar-refractivity contribution in [3.05, 3.63) is 30.1 Å². The first kappa shape index (κ1) is 9.60. The van der Waals surface area contributed by atoms with Crippen LogP contribution >= 0.6 is 0 Å². The third-order valence-electron chi connectivity index (χ3n) is 1.92. The van der Waals surface area contributed by atoms with Crippen LogP contribution in [-0.4, -0.2) is 27.3 Å². The lowest BCUT2D eigenvalue weighted by Crippen LogP contribution is -2.02. The van der Waals surface area contributed by atoms with Gasteiger partial charge in [-0.3, -0.25) is 0 Å². The Morgan fingerprint density at radius 3 is 3.00 bits per heavy atom. The molecule has 0 spiro atoms. The molecule has 0 unspecified atom stereocenters. The summed E-state index contributed by atoms with van der Waals surface area (Å²) in [7, 11) is 1.61. The monoisotopic (exact) mass is 205 g/mol. The molecule has 0 aliphatic rings. The molecule has 0 atom stereocenters. The quantitative estimate of drug-likeness (QED) is 0.770. The molecule has 78 valence electrons. The lowest BCUT2D eigenvalue weighted by atomic mass is 10.3. The van der Waals surface area contributed by atoms with Gasteiger partial charge in [0, 0.05) is 6.07 Å². The Balaban J connectivity index is 2.35. The molecule has 0 saturated heterocycles. The molecule has 1 aromatic carbocycles. The van der Waals surface area contributed by atoms with E-state index in [9.17, 15) is 0 Å². The maximum atomic E-state index is 5.39. The molecule has 2 aromatic rings. The molecule has 1 heterocycles. The third-order valence-corrected chi connectivity index (χ3v) is 1.92. The van der Waals surface area contributed by atoms with Crippen LogP contribution in [0.5, 0.6) is 5.75 Å². The van der Waals surface area contributed by atoms with E-state index in [1.807, 2.05) is 24.3 Å². The van der Waals surface area contributed by atoms with E-state index in [4.69, 9.17) is 10.5 Å². The first-order valence-corrected chi connectivity index (χ1v) is 4.47. The third kappa shape index (κ3) is 1.94. The van der Waals surface area contributed by atoms with Crippen LogP contribution in [0.1, 0.15) is 5.82 Å². The van der Waals surface area contributed by atoms with Gasteiger partial charge in [-0.15, -0.1) is 15.0 Å². The van der Waals surface area contributed by atoms with Gasteiger partial charge in [0.05, 0.1) is 19.3 Å². The van der Waals surface area contributed by atoms with Gasteiger partial charge in [-0.1, -0.05) is 6.07 Å². The number of aromatic nitrogens is 4. The molecule has 15 heavy (non-hydrogen) atoms. The highest BCUT2D eigenvalue weighted by molar-refractivity contribution is 5.37. The van der Waals surface area contributed by atoms with E-state index in [-0.39, 0.29) is 6.54 Å². The van der Waals surface area contributed by atoms with Gasteiger partial charge >= 0.3 is 0 Å². The van der Waals surface area contributed by atoms with Gasteiger partial charge in [0.1, 0.15) is 5.75 Å². The minimum atomic E-state index is 0.282. The van der Waals surface area contributed by atoms with E-state index in [0.717, 1.165) is 11.4 Å². The Morgan fingerprint density at radius 1 is 1.47 bits per heavy atom. The number of hydrogen-bond acceptors (Lipinski definition) is 5. The summed E-state index contributed by atoms with van der Waals surface area (Å²) in [5.74, 6) is 1.26. The fourth-order valence-electron chi connectivity index (χ4n) is 1.17. The van der Waals surface area contributed by atoms with Crippen molar-refractivity contribution in [3.63, 3.8) is 0 Å². The molecule has 0 aliphatic carbocycles. The second-order valence-corrected chi connectivity index (χ2v) is 2.90. The number of nitrogens with zero attached hydrogens (tertiary/aromatic N) is 4. The van der Waals surface area contributed by atoms with Crippen molar-refractivity contribution in [3.8, 4) is 11.4 Å². The normalized spacial score (nSPS) is 10.3. The number of rotatable bonds is 3. The number of nitrogens with two attached hydrogens (primary N) is 1. The van der Waals surface area contributed by atoms with Crippen molar-refractivity contribution in [2.75, 3.05) is 7.11 Å². The second-order valence-electron chi connectivity index (χ2n) is 2.90. The Bertz CT molecular complexity index is 453. The van der Waals surface area contributed by atoms with Gasteiger partial charge in [-0.05, 0) is 17.3 Å². The topological polar surface area (TPSA) is 78.8 Å². The van der Waals surface area contributed by atoms with Crippen molar-refractivity contribution in [1.82, 2.24) is 20.2 Å². The van der Waals surface area contributed by atoms with Crippen molar-refractivity contribution < 1.29 is 4.74 Å². The van der Waals surface area contributed by atoms with Crippen molar-refractivity contribution in [1.29, 1.82) is 0 Å². The average Bonchev–Trinajstić information content (AvgIpc) is 2.78. The predicted molar refractivity (Wildman–Crippen MR) is 53.6 cm³/mol. The Morgan fingerprint density at radius 2 is 2.33 bits per heavy atom.